The first-order valence-electron chi connectivity index (χ1n) is 9.52. The van der Waals surface area contributed by atoms with Crippen molar-refractivity contribution in [3.63, 3.8) is 0 Å². The minimum absolute atomic E-state index is 0.00807. The Labute approximate surface area is 192 Å². The zero-order valence-electron chi connectivity index (χ0n) is 17.1. The molecule has 0 aliphatic rings. The molecule has 3 rings (SSSR count). The average Bonchev–Trinajstić information content (AvgIpc) is 2.70. The molecule has 0 fully saturated rings. The summed E-state index contributed by atoms with van der Waals surface area (Å²) < 4.78 is 27.7. The van der Waals surface area contributed by atoms with Crippen LogP contribution in [0.2, 0.25) is 10.0 Å². The van der Waals surface area contributed by atoms with Crippen molar-refractivity contribution in [3.05, 3.63) is 93.5 Å². The van der Waals surface area contributed by atoms with Crippen LogP contribution in [0.15, 0.2) is 71.6 Å². The second kappa shape index (κ2) is 9.83. The Morgan fingerprint density at radius 3 is 2.26 bits per heavy atom. The molecule has 1 N–H and O–H groups in total. The van der Waals surface area contributed by atoms with Gasteiger partial charge in [0.15, 0.2) is 0 Å². The third-order valence-electron chi connectivity index (χ3n) is 4.81. The van der Waals surface area contributed by atoms with E-state index in [2.05, 4.69) is 5.32 Å². The van der Waals surface area contributed by atoms with Crippen LogP contribution in [0.4, 0.5) is 5.69 Å². The summed E-state index contributed by atoms with van der Waals surface area (Å²) in [5.74, 6) is -0.442. The molecule has 0 atom stereocenters. The molecular weight excluding hydrogens is 455 g/mol. The van der Waals surface area contributed by atoms with Crippen LogP contribution in [-0.2, 0) is 21.4 Å². The van der Waals surface area contributed by atoms with Crippen LogP contribution < -0.4 is 5.32 Å². The van der Waals surface area contributed by atoms with Crippen LogP contribution in [0, 0.1) is 13.8 Å². The highest BCUT2D eigenvalue weighted by Crippen LogP contribution is 2.22. The number of amides is 1. The van der Waals surface area contributed by atoms with Crippen molar-refractivity contribution in [2.24, 2.45) is 0 Å². The highest BCUT2D eigenvalue weighted by atomic mass is 35.5. The number of benzene rings is 3. The molecule has 0 saturated heterocycles. The normalized spacial score (nSPS) is 11.5. The molecule has 0 heterocycles. The van der Waals surface area contributed by atoms with Gasteiger partial charge in [-0.05, 0) is 79.1 Å². The molecule has 0 spiro atoms. The lowest BCUT2D eigenvalue weighted by Crippen LogP contribution is -2.37. The molecular formula is C23H22Cl2N2O3S. The minimum Gasteiger partial charge on any atom is -0.325 e. The van der Waals surface area contributed by atoms with Gasteiger partial charge in [-0.2, -0.15) is 4.31 Å². The van der Waals surface area contributed by atoms with E-state index < -0.39 is 15.9 Å². The van der Waals surface area contributed by atoms with E-state index in [1.54, 1.807) is 30.3 Å². The zero-order valence-corrected chi connectivity index (χ0v) is 19.4. The number of nitrogens with one attached hydrogen (secondary N) is 1. The van der Waals surface area contributed by atoms with Gasteiger partial charge in [0, 0.05) is 22.3 Å². The molecule has 1 amide bonds. The van der Waals surface area contributed by atoms with Crippen LogP contribution in [0.1, 0.15) is 16.7 Å². The van der Waals surface area contributed by atoms with Crippen LogP contribution >= 0.6 is 23.2 Å². The highest BCUT2D eigenvalue weighted by molar-refractivity contribution is 7.89. The molecule has 0 aliphatic heterocycles. The van der Waals surface area contributed by atoms with Gasteiger partial charge < -0.3 is 5.32 Å². The first kappa shape index (κ1) is 23.3. The van der Waals surface area contributed by atoms with Crippen molar-refractivity contribution in [2.75, 3.05) is 11.9 Å². The maximum atomic E-state index is 13.3. The van der Waals surface area contributed by atoms with E-state index in [-0.39, 0.29) is 18.0 Å². The number of anilines is 1. The molecule has 0 aliphatic carbocycles. The van der Waals surface area contributed by atoms with Gasteiger partial charge in [0.1, 0.15) is 0 Å². The number of nitrogens with zero attached hydrogens (tertiary/aromatic N) is 1. The number of hydrogen-bond donors (Lipinski definition) is 1. The monoisotopic (exact) mass is 476 g/mol. The summed E-state index contributed by atoms with van der Waals surface area (Å²) in [6, 6.07) is 18.3. The molecule has 0 aromatic heterocycles. The van der Waals surface area contributed by atoms with E-state index in [1.807, 2.05) is 26.0 Å². The van der Waals surface area contributed by atoms with Gasteiger partial charge in [-0.15, -0.1) is 0 Å². The van der Waals surface area contributed by atoms with Crippen LogP contribution in [-0.4, -0.2) is 25.2 Å². The van der Waals surface area contributed by atoms with Crippen molar-refractivity contribution in [3.8, 4) is 0 Å². The van der Waals surface area contributed by atoms with E-state index >= 15 is 0 Å². The van der Waals surface area contributed by atoms with Gasteiger partial charge in [-0.1, -0.05) is 41.4 Å². The van der Waals surface area contributed by atoms with Crippen molar-refractivity contribution in [1.82, 2.24) is 4.31 Å². The molecule has 162 valence electrons. The van der Waals surface area contributed by atoms with E-state index in [1.165, 1.54) is 24.3 Å². The summed E-state index contributed by atoms with van der Waals surface area (Å²) in [6.45, 7) is 3.56. The van der Waals surface area contributed by atoms with E-state index in [0.29, 0.717) is 21.3 Å². The van der Waals surface area contributed by atoms with Crippen LogP contribution in [0.25, 0.3) is 0 Å². The molecule has 3 aromatic carbocycles. The second-order valence-corrected chi connectivity index (χ2v) is 10.0. The van der Waals surface area contributed by atoms with Gasteiger partial charge in [0.05, 0.1) is 11.4 Å². The first-order valence-corrected chi connectivity index (χ1v) is 11.7. The fourth-order valence-electron chi connectivity index (χ4n) is 3.00. The third kappa shape index (κ3) is 6.08. The van der Waals surface area contributed by atoms with E-state index in [9.17, 15) is 13.2 Å². The Hall–Kier alpha value is -2.38. The average molecular weight is 477 g/mol. The number of carbonyl (C=O) groups is 1. The lowest BCUT2D eigenvalue weighted by Gasteiger charge is -2.22. The predicted octanol–water partition coefficient (Wildman–Crippen LogP) is 5.44. The van der Waals surface area contributed by atoms with Gasteiger partial charge in [0.2, 0.25) is 15.9 Å². The molecule has 0 saturated carbocycles. The van der Waals surface area contributed by atoms with Crippen LogP contribution in [0.5, 0.6) is 0 Å². The number of sulfonamides is 1. The van der Waals surface area contributed by atoms with Crippen molar-refractivity contribution >= 4 is 44.8 Å². The molecule has 0 bridgehead atoms. The van der Waals surface area contributed by atoms with Crippen molar-refractivity contribution in [1.29, 1.82) is 0 Å². The lowest BCUT2D eigenvalue weighted by atomic mass is 10.1. The predicted molar refractivity (Wildman–Crippen MR) is 125 cm³/mol. The fraction of sp³-hybridized carbons (Fsp3) is 0.174. The molecule has 31 heavy (non-hydrogen) atoms. The third-order valence-corrected chi connectivity index (χ3v) is 7.10. The summed E-state index contributed by atoms with van der Waals surface area (Å²) in [4.78, 5) is 12.8. The Bertz CT molecular complexity index is 1200. The van der Waals surface area contributed by atoms with E-state index in [4.69, 9.17) is 23.2 Å². The SMILES string of the molecule is Cc1ccc(NC(=O)CN(Cc2cccc(Cl)c2)S(=O)(=O)c2ccc(Cl)cc2)cc1C. The van der Waals surface area contributed by atoms with Gasteiger partial charge in [-0.3, -0.25) is 4.79 Å². The Morgan fingerprint density at radius 1 is 0.903 bits per heavy atom. The quantitative estimate of drug-likeness (QED) is 0.493. The highest BCUT2D eigenvalue weighted by Gasteiger charge is 2.27. The van der Waals surface area contributed by atoms with Gasteiger partial charge in [-0.25, -0.2) is 8.42 Å². The molecule has 8 heteroatoms. The number of halogens is 2. The zero-order chi connectivity index (χ0) is 22.6. The Kier molecular flexibility index (Phi) is 7.38. The summed E-state index contributed by atoms with van der Waals surface area (Å²) in [5.41, 5.74) is 3.41. The van der Waals surface area contributed by atoms with Crippen LogP contribution in [0.3, 0.4) is 0 Å². The summed E-state index contributed by atoms with van der Waals surface area (Å²) in [5, 5.41) is 3.69. The summed E-state index contributed by atoms with van der Waals surface area (Å²) in [7, 11) is -3.96. The van der Waals surface area contributed by atoms with Crippen molar-refractivity contribution < 1.29 is 13.2 Å². The number of aryl methyl sites for hydroxylation is 2. The lowest BCUT2D eigenvalue weighted by molar-refractivity contribution is -0.116. The molecule has 5 nitrogen and oxygen atoms in total. The smallest absolute Gasteiger partial charge is 0.243 e. The summed E-state index contributed by atoms with van der Waals surface area (Å²) >= 11 is 12.0. The minimum atomic E-state index is -3.96. The number of carbonyl (C=O) groups excluding carboxylic acids is 1. The molecule has 0 unspecified atom stereocenters. The second-order valence-electron chi connectivity index (χ2n) is 7.20. The van der Waals surface area contributed by atoms with Gasteiger partial charge >= 0.3 is 0 Å². The van der Waals surface area contributed by atoms with Crippen molar-refractivity contribution in [2.45, 2.75) is 25.3 Å². The van der Waals surface area contributed by atoms with E-state index in [0.717, 1.165) is 15.4 Å². The standard InChI is InChI=1S/C23H22Cl2N2O3S/c1-16-6-9-21(12-17(16)2)26-23(28)15-27(14-18-4-3-5-20(25)13-18)31(29,30)22-10-7-19(24)8-11-22/h3-13H,14-15H2,1-2H3,(H,26,28). The van der Waals surface area contributed by atoms with Gasteiger partial charge in [0.25, 0.3) is 0 Å². The maximum Gasteiger partial charge on any atom is 0.243 e. The molecule has 3 aromatic rings. The first-order chi connectivity index (χ1) is 14.6. The largest absolute Gasteiger partial charge is 0.325 e. The fourth-order valence-corrected chi connectivity index (χ4v) is 4.72. The Balaban J connectivity index is 1.88. The Morgan fingerprint density at radius 2 is 1.61 bits per heavy atom. The summed E-state index contributed by atoms with van der Waals surface area (Å²) in [6.07, 6.45) is 0. The number of hydrogen-bond acceptors (Lipinski definition) is 3. The molecule has 0 radical (unpaired) electrons. The maximum absolute atomic E-state index is 13.3. The topological polar surface area (TPSA) is 66.5 Å². The number of rotatable bonds is 7.